The fraction of sp³-hybridized carbons (Fsp3) is 0.706. The van der Waals surface area contributed by atoms with Crippen LogP contribution in [0.25, 0.3) is 0 Å². The molecule has 125 valence electrons. The Morgan fingerprint density at radius 1 is 1.35 bits per heavy atom. The molecule has 0 bridgehead atoms. The maximum atomic E-state index is 12.3. The van der Waals surface area contributed by atoms with E-state index in [4.69, 9.17) is 4.74 Å². The Kier molecular flexibility index (Phi) is 4.98. The van der Waals surface area contributed by atoms with Crippen molar-refractivity contribution in [3.63, 3.8) is 0 Å². The topological polar surface area (TPSA) is 67.3 Å². The molecule has 0 unspecified atom stereocenters. The van der Waals surface area contributed by atoms with E-state index in [-0.39, 0.29) is 6.10 Å². The van der Waals surface area contributed by atoms with E-state index in [0.29, 0.717) is 23.9 Å². The van der Waals surface area contributed by atoms with Gasteiger partial charge in [0.25, 0.3) is 0 Å². The first kappa shape index (κ1) is 16.0. The number of hydrogen-bond donors (Lipinski definition) is 1. The largest absolute Gasteiger partial charge is 0.461 e. The zero-order chi connectivity index (χ0) is 16.2. The molecule has 1 aromatic heterocycles. The lowest BCUT2D eigenvalue weighted by Crippen LogP contribution is -2.46. The van der Waals surface area contributed by atoms with Crippen LogP contribution in [0.4, 0.5) is 5.82 Å². The molecule has 23 heavy (non-hydrogen) atoms. The summed E-state index contributed by atoms with van der Waals surface area (Å²) >= 11 is 0. The summed E-state index contributed by atoms with van der Waals surface area (Å²) < 4.78 is 5.49. The minimum absolute atomic E-state index is 0.0411. The number of anilines is 1. The third-order valence-electron chi connectivity index (χ3n) is 4.53. The van der Waals surface area contributed by atoms with E-state index in [0.717, 1.165) is 44.6 Å². The van der Waals surface area contributed by atoms with Gasteiger partial charge in [0.1, 0.15) is 5.82 Å². The van der Waals surface area contributed by atoms with Gasteiger partial charge in [-0.2, -0.15) is 9.97 Å². The average Bonchev–Trinajstić information content (AvgIpc) is 2.46. The highest BCUT2D eigenvalue weighted by Crippen LogP contribution is 2.29. The number of piperidine rings is 1. The lowest BCUT2D eigenvalue weighted by molar-refractivity contribution is -0.139. The third kappa shape index (κ3) is 4.12. The van der Waals surface area contributed by atoms with Crippen LogP contribution >= 0.6 is 0 Å². The molecule has 6 heteroatoms. The van der Waals surface area contributed by atoms with E-state index < -0.39 is 0 Å². The molecule has 1 amide bonds. The Hall–Kier alpha value is -1.85. The van der Waals surface area contributed by atoms with Crippen molar-refractivity contribution in [3.05, 3.63) is 12.3 Å². The number of hydrogen-bond acceptors (Lipinski definition) is 5. The molecule has 1 radical (unpaired) electrons. The molecule has 1 aliphatic heterocycles. The molecule has 3 rings (SSSR count). The molecule has 0 spiro atoms. The van der Waals surface area contributed by atoms with Crippen LogP contribution in [0.5, 0.6) is 6.01 Å². The minimum atomic E-state index is 0.0411. The lowest BCUT2D eigenvalue weighted by Gasteiger charge is -2.36. The highest BCUT2D eigenvalue weighted by Gasteiger charge is 2.31. The zero-order valence-corrected chi connectivity index (χ0v) is 13.9. The fourth-order valence-electron chi connectivity index (χ4n) is 3.01. The van der Waals surface area contributed by atoms with Crippen molar-refractivity contribution in [2.24, 2.45) is 5.92 Å². The Bertz CT molecular complexity index is 537. The number of amides is 1. The van der Waals surface area contributed by atoms with Crippen LogP contribution in [0, 0.1) is 12.1 Å². The summed E-state index contributed by atoms with van der Waals surface area (Å²) in [5.74, 6) is 1.39. The molecule has 6 nitrogen and oxygen atoms in total. The number of rotatable bonds is 5. The standard InChI is InChI=1S/C17H25N4O2/c1-12(2)23-17-18-9-6-15(20-17)19-14-7-10-21(11-8-14)16(22)13-4-3-5-13/h6,12-14H,3-5,7-8,10-11H2,1-2H3,(H,18,19,20). The molecule has 2 heterocycles. The molecule has 2 aliphatic rings. The normalized spacial score (nSPS) is 19.5. The second-order valence-electron chi connectivity index (χ2n) is 6.70. The monoisotopic (exact) mass is 317 g/mol. The smallest absolute Gasteiger partial charge is 0.319 e. The van der Waals surface area contributed by atoms with Gasteiger partial charge < -0.3 is 15.0 Å². The van der Waals surface area contributed by atoms with E-state index in [1.165, 1.54) is 6.42 Å². The van der Waals surface area contributed by atoms with Crippen molar-refractivity contribution < 1.29 is 9.53 Å². The van der Waals surface area contributed by atoms with Crippen LogP contribution in [0.2, 0.25) is 0 Å². The first-order valence-corrected chi connectivity index (χ1v) is 8.59. The Morgan fingerprint density at radius 2 is 2.09 bits per heavy atom. The second kappa shape index (κ2) is 7.15. The summed E-state index contributed by atoms with van der Waals surface area (Å²) in [5.41, 5.74) is 0. The van der Waals surface area contributed by atoms with Gasteiger partial charge in [0.15, 0.2) is 0 Å². The van der Waals surface area contributed by atoms with Crippen LogP contribution in [0.3, 0.4) is 0 Å². The van der Waals surface area contributed by atoms with Crippen LogP contribution in [-0.4, -0.2) is 46.0 Å². The minimum Gasteiger partial charge on any atom is -0.461 e. The van der Waals surface area contributed by atoms with Crippen molar-refractivity contribution in [1.82, 2.24) is 14.9 Å². The predicted molar refractivity (Wildman–Crippen MR) is 87.2 cm³/mol. The van der Waals surface area contributed by atoms with Gasteiger partial charge in [-0.05, 0) is 39.5 Å². The summed E-state index contributed by atoms with van der Waals surface area (Å²) in [6.45, 7) is 5.55. The van der Waals surface area contributed by atoms with Crippen molar-refractivity contribution in [1.29, 1.82) is 0 Å². The van der Waals surface area contributed by atoms with Gasteiger partial charge >= 0.3 is 6.01 Å². The van der Waals surface area contributed by atoms with Gasteiger partial charge in [0.05, 0.1) is 12.3 Å². The maximum absolute atomic E-state index is 12.3. The number of carbonyl (C=O) groups is 1. The van der Waals surface area contributed by atoms with Gasteiger partial charge in [0.2, 0.25) is 5.91 Å². The Balaban J connectivity index is 1.49. The lowest BCUT2D eigenvalue weighted by atomic mass is 9.84. The molecular formula is C17H25N4O2. The van der Waals surface area contributed by atoms with Crippen LogP contribution < -0.4 is 10.1 Å². The second-order valence-corrected chi connectivity index (χ2v) is 6.70. The number of ether oxygens (including phenoxy) is 1. The van der Waals surface area contributed by atoms with Gasteiger partial charge in [-0.1, -0.05) is 6.42 Å². The quantitative estimate of drug-likeness (QED) is 0.902. The van der Waals surface area contributed by atoms with Crippen molar-refractivity contribution in [3.8, 4) is 6.01 Å². The number of carbonyl (C=O) groups excluding carboxylic acids is 1. The molecule has 1 aliphatic carbocycles. The molecular weight excluding hydrogens is 292 g/mol. The zero-order valence-electron chi connectivity index (χ0n) is 13.9. The number of nitrogens with one attached hydrogen (secondary N) is 1. The SMILES string of the molecule is CC(C)Oc1n[c]cc(NC2CCN(C(=O)C3CCC3)CC2)n1. The summed E-state index contributed by atoms with van der Waals surface area (Å²) in [4.78, 5) is 22.6. The van der Waals surface area contributed by atoms with Gasteiger partial charge in [-0.25, -0.2) is 0 Å². The van der Waals surface area contributed by atoms with Crippen LogP contribution in [0.1, 0.15) is 46.0 Å². The van der Waals surface area contributed by atoms with E-state index in [1.807, 2.05) is 18.7 Å². The summed E-state index contributed by atoms with van der Waals surface area (Å²) in [7, 11) is 0. The Labute approximate surface area is 137 Å². The van der Waals surface area contributed by atoms with Crippen molar-refractivity contribution in [2.75, 3.05) is 18.4 Å². The molecule has 1 saturated carbocycles. The number of nitrogens with zero attached hydrogens (tertiary/aromatic N) is 3. The third-order valence-corrected chi connectivity index (χ3v) is 4.53. The first-order chi connectivity index (χ1) is 11.1. The molecule has 0 aromatic carbocycles. The summed E-state index contributed by atoms with van der Waals surface area (Å²) in [5, 5.41) is 3.41. The van der Waals surface area contributed by atoms with E-state index in [2.05, 4.69) is 21.5 Å². The van der Waals surface area contributed by atoms with Crippen molar-refractivity contribution >= 4 is 11.7 Å². The van der Waals surface area contributed by atoms with Gasteiger partial charge in [0, 0.05) is 31.1 Å². The number of aromatic nitrogens is 2. The van der Waals surface area contributed by atoms with E-state index in [9.17, 15) is 4.79 Å². The predicted octanol–water partition coefficient (Wildman–Crippen LogP) is 2.27. The molecule has 0 atom stereocenters. The Morgan fingerprint density at radius 3 is 2.70 bits per heavy atom. The van der Waals surface area contributed by atoms with E-state index in [1.54, 1.807) is 6.07 Å². The summed E-state index contributed by atoms with van der Waals surface area (Å²) in [6.07, 6.45) is 8.11. The van der Waals surface area contributed by atoms with Crippen molar-refractivity contribution in [2.45, 2.75) is 58.1 Å². The van der Waals surface area contributed by atoms with Gasteiger partial charge in [-0.3, -0.25) is 4.79 Å². The van der Waals surface area contributed by atoms with Crippen LogP contribution in [0.15, 0.2) is 6.07 Å². The molecule has 1 aromatic rings. The molecule has 1 saturated heterocycles. The maximum Gasteiger partial charge on any atom is 0.319 e. The first-order valence-electron chi connectivity index (χ1n) is 8.59. The average molecular weight is 317 g/mol. The number of likely N-dealkylation sites (tertiary alicyclic amines) is 1. The summed E-state index contributed by atoms with van der Waals surface area (Å²) in [6, 6.07) is 2.41. The van der Waals surface area contributed by atoms with E-state index >= 15 is 0 Å². The highest BCUT2D eigenvalue weighted by molar-refractivity contribution is 5.79. The highest BCUT2D eigenvalue weighted by atomic mass is 16.5. The molecule has 1 N–H and O–H groups in total. The van der Waals surface area contributed by atoms with Gasteiger partial charge in [-0.15, -0.1) is 0 Å². The molecule has 2 fully saturated rings. The van der Waals surface area contributed by atoms with Crippen LogP contribution in [-0.2, 0) is 4.79 Å². The fourth-order valence-corrected chi connectivity index (χ4v) is 3.01.